The Bertz CT molecular complexity index is 403. The maximum Gasteiger partial charge on any atom is 0.330 e. The molecule has 0 radical (unpaired) electrons. The Kier molecular flexibility index (Phi) is 4.09. The van der Waals surface area contributed by atoms with Crippen molar-refractivity contribution in [3.05, 3.63) is 0 Å². The molecule has 0 bridgehead atoms. The summed E-state index contributed by atoms with van der Waals surface area (Å²) in [7, 11) is 0. The summed E-state index contributed by atoms with van der Waals surface area (Å²) in [5.74, 6) is -0.437. The maximum absolute atomic E-state index is 12.0. The minimum absolute atomic E-state index is 0.118. The Hall–Kier alpha value is -1.10. The molecule has 0 aromatic carbocycles. The van der Waals surface area contributed by atoms with Gasteiger partial charge in [-0.15, -0.1) is 0 Å². The largest absolute Gasteiger partial charge is 0.479 e. The molecule has 2 aliphatic rings. The number of amides is 1. The first-order valence-electron chi connectivity index (χ1n) is 7.49. The summed E-state index contributed by atoms with van der Waals surface area (Å²) in [5.41, 5.74) is -1.78. The van der Waals surface area contributed by atoms with Gasteiger partial charge >= 0.3 is 5.97 Å². The molecule has 2 fully saturated rings. The number of carboxylic acids is 1. The van der Waals surface area contributed by atoms with Crippen molar-refractivity contribution in [2.75, 3.05) is 6.61 Å². The van der Waals surface area contributed by atoms with E-state index in [2.05, 4.69) is 5.32 Å². The summed E-state index contributed by atoms with van der Waals surface area (Å²) < 4.78 is 5.57. The molecule has 2 aliphatic carbocycles. The van der Waals surface area contributed by atoms with Gasteiger partial charge in [0.05, 0.1) is 6.10 Å². The fraction of sp³-hybridized carbons (Fsp3) is 0.867. The number of ether oxygens (including phenoxy) is 1. The van der Waals surface area contributed by atoms with Crippen molar-refractivity contribution in [2.24, 2.45) is 11.3 Å². The van der Waals surface area contributed by atoms with Crippen LogP contribution in [0.2, 0.25) is 0 Å². The van der Waals surface area contributed by atoms with E-state index in [0.29, 0.717) is 25.4 Å². The van der Waals surface area contributed by atoms with Crippen molar-refractivity contribution >= 4 is 11.9 Å². The molecule has 20 heavy (non-hydrogen) atoms. The lowest BCUT2D eigenvalue weighted by Crippen LogP contribution is -2.76. The quantitative estimate of drug-likeness (QED) is 0.749. The number of rotatable bonds is 7. The van der Waals surface area contributed by atoms with Gasteiger partial charge in [0.15, 0.2) is 0 Å². The molecule has 2 rings (SSSR count). The van der Waals surface area contributed by atoms with Crippen LogP contribution in [-0.4, -0.2) is 35.2 Å². The minimum Gasteiger partial charge on any atom is -0.479 e. The van der Waals surface area contributed by atoms with Crippen molar-refractivity contribution in [3.8, 4) is 0 Å². The number of nitrogens with one attached hydrogen (secondary N) is 1. The molecular weight excluding hydrogens is 258 g/mol. The zero-order chi connectivity index (χ0) is 15.0. The highest BCUT2D eigenvalue weighted by atomic mass is 16.5. The Morgan fingerprint density at radius 2 is 2.00 bits per heavy atom. The third kappa shape index (κ3) is 2.55. The molecule has 0 heterocycles. The van der Waals surface area contributed by atoms with Gasteiger partial charge in [-0.1, -0.05) is 26.7 Å². The van der Waals surface area contributed by atoms with E-state index in [1.165, 1.54) is 12.8 Å². The van der Waals surface area contributed by atoms with Crippen LogP contribution in [0.1, 0.15) is 52.9 Å². The van der Waals surface area contributed by atoms with Crippen LogP contribution in [0.3, 0.4) is 0 Å². The maximum atomic E-state index is 12.0. The Balaban J connectivity index is 1.99. The van der Waals surface area contributed by atoms with Crippen LogP contribution in [0.15, 0.2) is 0 Å². The topological polar surface area (TPSA) is 75.6 Å². The molecule has 2 atom stereocenters. The lowest BCUT2D eigenvalue weighted by molar-refractivity contribution is -0.194. The van der Waals surface area contributed by atoms with E-state index in [1.54, 1.807) is 0 Å². The van der Waals surface area contributed by atoms with E-state index < -0.39 is 16.9 Å². The van der Waals surface area contributed by atoms with E-state index in [4.69, 9.17) is 4.74 Å². The molecule has 0 aliphatic heterocycles. The molecule has 114 valence electrons. The average molecular weight is 283 g/mol. The van der Waals surface area contributed by atoms with Crippen LogP contribution in [0.5, 0.6) is 0 Å². The van der Waals surface area contributed by atoms with E-state index in [0.717, 1.165) is 6.42 Å². The standard InChI is InChI=1S/C15H25NO4/c1-4-20-11-9-15(13(18)19,14(11,2)3)16-12(17)8-7-10-5-6-10/h10-11H,4-9H2,1-3H3,(H,16,17)(H,18,19). The number of carboxylic acid groups (broad SMARTS) is 1. The molecule has 0 saturated heterocycles. The SMILES string of the molecule is CCOC1CC(NC(=O)CCC2CC2)(C(=O)O)C1(C)C. The fourth-order valence-corrected chi connectivity index (χ4v) is 3.08. The summed E-state index contributed by atoms with van der Waals surface area (Å²) in [6.45, 7) is 6.16. The average Bonchev–Trinajstić information content (AvgIpc) is 3.18. The third-order valence-electron chi connectivity index (χ3n) is 4.96. The molecule has 0 spiro atoms. The third-order valence-corrected chi connectivity index (χ3v) is 4.96. The molecule has 2 N–H and O–H groups in total. The first-order chi connectivity index (χ1) is 9.33. The first-order valence-corrected chi connectivity index (χ1v) is 7.49. The molecular formula is C15H25NO4. The fourth-order valence-electron chi connectivity index (χ4n) is 3.08. The van der Waals surface area contributed by atoms with Gasteiger partial charge in [0.25, 0.3) is 0 Å². The summed E-state index contributed by atoms with van der Waals surface area (Å²) in [4.78, 5) is 23.7. The van der Waals surface area contributed by atoms with Gasteiger partial charge in [-0.05, 0) is 19.3 Å². The second kappa shape index (κ2) is 5.35. The van der Waals surface area contributed by atoms with E-state index >= 15 is 0 Å². The van der Waals surface area contributed by atoms with Crippen molar-refractivity contribution in [1.29, 1.82) is 0 Å². The normalized spacial score (nSPS) is 31.4. The van der Waals surface area contributed by atoms with Gasteiger partial charge in [-0.3, -0.25) is 4.79 Å². The zero-order valence-corrected chi connectivity index (χ0v) is 12.6. The van der Waals surface area contributed by atoms with E-state index in [1.807, 2.05) is 20.8 Å². The van der Waals surface area contributed by atoms with Crippen LogP contribution in [0.4, 0.5) is 0 Å². The predicted octanol–water partition coefficient (Wildman–Crippen LogP) is 1.95. The summed E-state index contributed by atoms with van der Waals surface area (Å²) in [5, 5.41) is 12.3. The number of carbonyl (C=O) groups excluding carboxylic acids is 1. The molecule has 5 heteroatoms. The lowest BCUT2D eigenvalue weighted by atomic mass is 9.54. The van der Waals surface area contributed by atoms with Crippen molar-refractivity contribution in [1.82, 2.24) is 5.32 Å². The lowest BCUT2D eigenvalue weighted by Gasteiger charge is -2.58. The van der Waals surface area contributed by atoms with Crippen LogP contribution in [0, 0.1) is 11.3 Å². The molecule has 0 aromatic heterocycles. The van der Waals surface area contributed by atoms with Gasteiger partial charge < -0.3 is 15.2 Å². The monoisotopic (exact) mass is 283 g/mol. The smallest absolute Gasteiger partial charge is 0.330 e. The van der Waals surface area contributed by atoms with Crippen LogP contribution in [0.25, 0.3) is 0 Å². The summed E-state index contributed by atoms with van der Waals surface area (Å²) in [6, 6.07) is 0. The first kappa shape index (κ1) is 15.3. The number of hydrogen-bond donors (Lipinski definition) is 2. The molecule has 0 aromatic rings. The number of carbonyl (C=O) groups is 2. The Labute approximate surface area is 120 Å². The molecule has 1 amide bonds. The Morgan fingerprint density at radius 1 is 1.35 bits per heavy atom. The Morgan fingerprint density at radius 3 is 2.45 bits per heavy atom. The van der Waals surface area contributed by atoms with Gasteiger partial charge in [-0.2, -0.15) is 0 Å². The second-order valence-corrected chi connectivity index (χ2v) is 6.61. The highest BCUT2D eigenvalue weighted by Gasteiger charge is 2.66. The summed E-state index contributed by atoms with van der Waals surface area (Å²) >= 11 is 0. The van der Waals surface area contributed by atoms with Crippen LogP contribution in [-0.2, 0) is 14.3 Å². The summed E-state index contributed by atoms with van der Waals surface area (Å²) in [6.07, 6.45) is 3.93. The number of hydrogen-bond acceptors (Lipinski definition) is 3. The number of aliphatic carboxylic acids is 1. The van der Waals surface area contributed by atoms with Crippen molar-refractivity contribution < 1.29 is 19.4 Å². The van der Waals surface area contributed by atoms with E-state index in [9.17, 15) is 14.7 Å². The van der Waals surface area contributed by atoms with Crippen LogP contribution >= 0.6 is 0 Å². The highest BCUT2D eigenvalue weighted by molar-refractivity contribution is 5.89. The van der Waals surface area contributed by atoms with Gasteiger partial charge in [0.2, 0.25) is 5.91 Å². The highest BCUT2D eigenvalue weighted by Crippen LogP contribution is 2.51. The van der Waals surface area contributed by atoms with Gasteiger partial charge in [0, 0.05) is 24.9 Å². The van der Waals surface area contributed by atoms with Crippen molar-refractivity contribution in [2.45, 2.75) is 64.5 Å². The van der Waals surface area contributed by atoms with Crippen molar-refractivity contribution in [3.63, 3.8) is 0 Å². The predicted molar refractivity (Wildman–Crippen MR) is 74.3 cm³/mol. The molecule has 2 unspecified atom stereocenters. The molecule has 5 nitrogen and oxygen atoms in total. The van der Waals surface area contributed by atoms with E-state index in [-0.39, 0.29) is 12.0 Å². The minimum atomic E-state index is -1.19. The second-order valence-electron chi connectivity index (χ2n) is 6.61. The van der Waals surface area contributed by atoms with Gasteiger partial charge in [0.1, 0.15) is 5.54 Å². The molecule has 2 saturated carbocycles. The van der Waals surface area contributed by atoms with Crippen LogP contribution < -0.4 is 5.32 Å². The zero-order valence-electron chi connectivity index (χ0n) is 12.6. The van der Waals surface area contributed by atoms with Gasteiger partial charge in [-0.25, -0.2) is 4.79 Å².